The van der Waals surface area contributed by atoms with Crippen LogP contribution in [0.1, 0.15) is 18.5 Å². The van der Waals surface area contributed by atoms with Gasteiger partial charge in [0.25, 0.3) is 5.69 Å². The van der Waals surface area contributed by atoms with Gasteiger partial charge < -0.3 is 9.47 Å². The summed E-state index contributed by atoms with van der Waals surface area (Å²) in [6.07, 6.45) is 0. The highest BCUT2D eigenvalue weighted by Gasteiger charge is 2.31. The molecule has 1 fully saturated rings. The number of rotatable bonds is 5. The summed E-state index contributed by atoms with van der Waals surface area (Å²) < 4.78 is 38.6. The first-order valence-electron chi connectivity index (χ1n) is 9.74. The van der Waals surface area contributed by atoms with Gasteiger partial charge in [-0.25, -0.2) is 8.42 Å². The standard InChI is InChI=1S/C20H23N3O6S/c1-15(16-3-2-4-17(13-16)23(24)25)21-7-9-22(10-8-21)30(26,27)18-5-6-19-20(14-18)29-12-11-28-19/h2-6,13-15H,7-12H2,1H3/t15-/m0/s1. The molecule has 4 rings (SSSR count). The van der Waals surface area contributed by atoms with Crippen LogP contribution < -0.4 is 9.47 Å². The van der Waals surface area contributed by atoms with Crippen molar-refractivity contribution in [3.05, 3.63) is 58.1 Å². The molecule has 0 bridgehead atoms. The van der Waals surface area contributed by atoms with Gasteiger partial charge in [-0.1, -0.05) is 12.1 Å². The smallest absolute Gasteiger partial charge is 0.269 e. The Morgan fingerprint density at radius 1 is 1.00 bits per heavy atom. The Bertz CT molecular complexity index is 1050. The van der Waals surface area contributed by atoms with Crippen molar-refractivity contribution in [1.82, 2.24) is 9.21 Å². The lowest BCUT2D eigenvalue weighted by molar-refractivity contribution is -0.385. The molecular weight excluding hydrogens is 410 g/mol. The number of non-ortho nitro benzene ring substituents is 1. The third-order valence-electron chi connectivity index (χ3n) is 5.54. The SMILES string of the molecule is C[C@@H](c1cccc([N+](=O)[O-])c1)N1CCN(S(=O)(=O)c2ccc3c(c2)OCCO3)CC1. The van der Waals surface area contributed by atoms with Crippen LogP contribution >= 0.6 is 0 Å². The van der Waals surface area contributed by atoms with E-state index in [0.717, 1.165) is 5.56 Å². The number of nitrogens with zero attached hydrogens (tertiary/aromatic N) is 3. The van der Waals surface area contributed by atoms with Crippen LogP contribution in [0.2, 0.25) is 0 Å². The van der Waals surface area contributed by atoms with Crippen molar-refractivity contribution in [2.75, 3.05) is 39.4 Å². The molecule has 0 radical (unpaired) electrons. The van der Waals surface area contributed by atoms with Crippen molar-refractivity contribution in [3.63, 3.8) is 0 Å². The fourth-order valence-corrected chi connectivity index (χ4v) is 5.21. The normalized spacial score (nSPS) is 18.7. The zero-order valence-corrected chi connectivity index (χ0v) is 17.4. The third kappa shape index (κ3) is 3.98. The maximum atomic E-state index is 13.1. The molecule has 9 nitrogen and oxygen atoms in total. The van der Waals surface area contributed by atoms with Crippen molar-refractivity contribution in [3.8, 4) is 11.5 Å². The monoisotopic (exact) mass is 433 g/mol. The number of ether oxygens (including phenoxy) is 2. The van der Waals surface area contributed by atoms with E-state index < -0.39 is 14.9 Å². The van der Waals surface area contributed by atoms with Crippen LogP contribution in [0.15, 0.2) is 47.4 Å². The van der Waals surface area contributed by atoms with E-state index in [-0.39, 0.29) is 16.6 Å². The maximum absolute atomic E-state index is 13.1. The lowest BCUT2D eigenvalue weighted by Crippen LogP contribution is -2.49. The summed E-state index contributed by atoms with van der Waals surface area (Å²) in [4.78, 5) is 12.9. The number of hydrogen-bond donors (Lipinski definition) is 0. The molecule has 0 amide bonds. The predicted octanol–water partition coefficient (Wildman–Crippen LogP) is 2.43. The van der Waals surface area contributed by atoms with Crippen LogP contribution in [0.4, 0.5) is 5.69 Å². The van der Waals surface area contributed by atoms with E-state index in [2.05, 4.69) is 4.90 Å². The molecule has 160 valence electrons. The number of piperazine rings is 1. The number of sulfonamides is 1. The van der Waals surface area contributed by atoms with E-state index in [9.17, 15) is 18.5 Å². The molecule has 2 aliphatic heterocycles. The molecule has 1 saturated heterocycles. The second-order valence-electron chi connectivity index (χ2n) is 7.27. The number of nitro benzene ring substituents is 1. The van der Waals surface area contributed by atoms with Crippen molar-refractivity contribution >= 4 is 15.7 Å². The molecule has 2 aromatic rings. The van der Waals surface area contributed by atoms with Gasteiger partial charge in [0.15, 0.2) is 11.5 Å². The molecule has 2 heterocycles. The molecule has 1 atom stereocenters. The first-order chi connectivity index (χ1) is 14.4. The average molecular weight is 433 g/mol. The largest absolute Gasteiger partial charge is 0.486 e. The highest BCUT2D eigenvalue weighted by atomic mass is 32.2. The summed E-state index contributed by atoms with van der Waals surface area (Å²) in [6, 6.07) is 11.2. The van der Waals surface area contributed by atoms with E-state index in [1.165, 1.54) is 16.4 Å². The molecule has 30 heavy (non-hydrogen) atoms. The number of hydrogen-bond acceptors (Lipinski definition) is 7. The van der Waals surface area contributed by atoms with Gasteiger partial charge in [-0.2, -0.15) is 4.31 Å². The molecule has 2 aromatic carbocycles. The summed E-state index contributed by atoms with van der Waals surface area (Å²) in [6.45, 7) is 4.58. The highest BCUT2D eigenvalue weighted by molar-refractivity contribution is 7.89. The molecule has 0 saturated carbocycles. The Morgan fingerprint density at radius 3 is 2.40 bits per heavy atom. The second kappa shape index (κ2) is 8.21. The number of benzene rings is 2. The molecule has 0 unspecified atom stereocenters. The zero-order valence-electron chi connectivity index (χ0n) is 16.6. The van der Waals surface area contributed by atoms with E-state index in [1.54, 1.807) is 24.3 Å². The van der Waals surface area contributed by atoms with Crippen molar-refractivity contribution in [2.45, 2.75) is 17.9 Å². The summed E-state index contributed by atoms with van der Waals surface area (Å²) in [5, 5.41) is 11.0. The zero-order chi connectivity index (χ0) is 21.3. The van der Waals surface area contributed by atoms with Crippen LogP contribution in [0, 0.1) is 10.1 Å². The van der Waals surface area contributed by atoms with Gasteiger partial charge >= 0.3 is 0 Å². The van der Waals surface area contributed by atoms with Gasteiger partial charge in [0, 0.05) is 50.4 Å². The first-order valence-corrected chi connectivity index (χ1v) is 11.2. The van der Waals surface area contributed by atoms with Gasteiger partial charge in [0.2, 0.25) is 10.0 Å². The van der Waals surface area contributed by atoms with Crippen LogP contribution in [-0.2, 0) is 10.0 Å². The Kier molecular flexibility index (Phi) is 5.63. The second-order valence-corrected chi connectivity index (χ2v) is 9.21. The fourth-order valence-electron chi connectivity index (χ4n) is 3.77. The van der Waals surface area contributed by atoms with Gasteiger partial charge in [-0.15, -0.1) is 0 Å². The predicted molar refractivity (Wildman–Crippen MR) is 109 cm³/mol. The highest BCUT2D eigenvalue weighted by Crippen LogP contribution is 2.33. The van der Waals surface area contributed by atoms with Gasteiger partial charge in [-0.05, 0) is 24.6 Å². The van der Waals surface area contributed by atoms with Gasteiger partial charge in [0.1, 0.15) is 13.2 Å². The fraction of sp³-hybridized carbons (Fsp3) is 0.400. The number of fused-ring (bicyclic) bond motifs is 1. The van der Waals surface area contributed by atoms with Crippen LogP contribution in [0.25, 0.3) is 0 Å². The van der Waals surface area contributed by atoms with E-state index in [4.69, 9.17) is 9.47 Å². The molecule has 0 aromatic heterocycles. The van der Waals surface area contributed by atoms with Crippen molar-refractivity contribution < 1.29 is 22.8 Å². The van der Waals surface area contributed by atoms with Crippen LogP contribution in [0.5, 0.6) is 11.5 Å². The average Bonchev–Trinajstić information content (AvgIpc) is 2.78. The minimum atomic E-state index is -3.65. The summed E-state index contributed by atoms with van der Waals surface area (Å²) in [7, 11) is -3.65. The minimum absolute atomic E-state index is 0.0518. The van der Waals surface area contributed by atoms with Crippen LogP contribution in [-0.4, -0.2) is 61.9 Å². The van der Waals surface area contributed by atoms with E-state index in [0.29, 0.717) is 50.9 Å². The van der Waals surface area contributed by atoms with Gasteiger partial charge in [0.05, 0.1) is 9.82 Å². The summed E-state index contributed by atoms with van der Waals surface area (Å²) in [5.74, 6) is 0.996. The van der Waals surface area contributed by atoms with E-state index in [1.807, 2.05) is 13.0 Å². The quantitative estimate of drug-likeness (QED) is 0.527. The van der Waals surface area contributed by atoms with Crippen molar-refractivity contribution in [1.29, 1.82) is 0 Å². The summed E-state index contributed by atoms with van der Waals surface area (Å²) in [5.41, 5.74) is 0.895. The topological polar surface area (TPSA) is 102 Å². The Morgan fingerprint density at radius 2 is 1.70 bits per heavy atom. The lowest BCUT2D eigenvalue weighted by atomic mass is 10.1. The maximum Gasteiger partial charge on any atom is 0.269 e. The molecule has 0 aliphatic carbocycles. The van der Waals surface area contributed by atoms with E-state index >= 15 is 0 Å². The molecule has 10 heteroatoms. The molecule has 0 N–H and O–H groups in total. The first kappa shape index (κ1) is 20.6. The van der Waals surface area contributed by atoms with Gasteiger partial charge in [-0.3, -0.25) is 15.0 Å². The molecule has 2 aliphatic rings. The van der Waals surface area contributed by atoms with Crippen LogP contribution in [0.3, 0.4) is 0 Å². The third-order valence-corrected chi connectivity index (χ3v) is 7.43. The number of nitro groups is 1. The molecule has 0 spiro atoms. The summed E-state index contributed by atoms with van der Waals surface area (Å²) >= 11 is 0. The Hall–Kier alpha value is -2.69. The van der Waals surface area contributed by atoms with Crippen molar-refractivity contribution in [2.24, 2.45) is 0 Å². The Labute approximate surface area is 175 Å². The Balaban J connectivity index is 1.45. The molecular formula is C20H23N3O6S. The lowest BCUT2D eigenvalue weighted by Gasteiger charge is -2.37. The minimum Gasteiger partial charge on any atom is -0.486 e.